The second-order valence-electron chi connectivity index (χ2n) is 10.2. The molecule has 4 rings (SSSR count). The van der Waals surface area contributed by atoms with Gasteiger partial charge in [-0.05, 0) is 49.6 Å². The summed E-state index contributed by atoms with van der Waals surface area (Å²) in [5, 5.41) is 12.3. The number of carbonyl (C=O) groups is 2. The van der Waals surface area contributed by atoms with E-state index in [0.29, 0.717) is 11.6 Å². The Morgan fingerprint density at radius 3 is 2.35 bits per heavy atom. The zero-order chi connectivity index (χ0) is 26.7. The lowest BCUT2D eigenvalue weighted by Gasteiger charge is -2.36. The van der Waals surface area contributed by atoms with E-state index in [9.17, 15) is 19.5 Å². The van der Waals surface area contributed by atoms with Crippen molar-refractivity contribution in [3.05, 3.63) is 52.6 Å². The fourth-order valence-corrected chi connectivity index (χ4v) is 4.70. The molecule has 3 amide bonds. The van der Waals surface area contributed by atoms with Gasteiger partial charge in [-0.3, -0.25) is 25.3 Å². The van der Waals surface area contributed by atoms with Crippen molar-refractivity contribution in [2.75, 3.05) is 44.6 Å². The van der Waals surface area contributed by atoms with Gasteiger partial charge >= 0.3 is 11.7 Å². The van der Waals surface area contributed by atoms with E-state index in [4.69, 9.17) is 11.5 Å². The molecule has 2 aromatic rings. The number of carbonyl (C=O) groups excluding carboxylic acids is 2. The minimum absolute atomic E-state index is 0.142. The van der Waals surface area contributed by atoms with E-state index >= 15 is 0 Å². The second-order valence-corrected chi connectivity index (χ2v) is 10.2. The van der Waals surface area contributed by atoms with Crippen LogP contribution in [-0.2, 0) is 11.3 Å². The van der Waals surface area contributed by atoms with Gasteiger partial charge in [0.2, 0.25) is 0 Å². The Kier molecular flexibility index (Phi) is 7.93. The number of nitrogens with one attached hydrogen (secondary N) is 1. The molecule has 2 aliphatic heterocycles. The number of likely N-dealkylation sites (tertiary alicyclic amines) is 1. The molecule has 1 aromatic heterocycles. The number of hydrogen-bond acceptors (Lipinski definition) is 8. The third kappa shape index (κ3) is 6.52. The van der Waals surface area contributed by atoms with Crippen LogP contribution in [-0.4, -0.2) is 92.3 Å². The molecule has 2 fully saturated rings. The van der Waals surface area contributed by atoms with Crippen molar-refractivity contribution in [3.63, 3.8) is 0 Å². The van der Waals surface area contributed by atoms with E-state index in [0.717, 1.165) is 31.6 Å². The van der Waals surface area contributed by atoms with E-state index in [-0.39, 0.29) is 38.0 Å². The molecule has 2 saturated heterocycles. The summed E-state index contributed by atoms with van der Waals surface area (Å²) in [7, 11) is 0. The van der Waals surface area contributed by atoms with Crippen molar-refractivity contribution in [1.29, 1.82) is 0 Å². The van der Waals surface area contributed by atoms with Crippen LogP contribution in [0.2, 0.25) is 0 Å². The van der Waals surface area contributed by atoms with Gasteiger partial charge in [0.05, 0.1) is 5.69 Å². The Bertz CT molecular complexity index is 1170. The number of hydrogen-bond donors (Lipinski definition) is 4. The smallest absolute Gasteiger partial charge is 0.354 e. The monoisotopic (exact) mass is 512 g/mol. The van der Waals surface area contributed by atoms with Crippen LogP contribution in [0.25, 0.3) is 5.69 Å². The molecule has 6 N–H and O–H groups in total. The number of benzene rings is 1. The van der Waals surface area contributed by atoms with E-state index in [2.05, 4.69) is 22.1 Å². The molecule has 2 aliphatic rings. The van der Waals surface area contributed by atoms with Crippen molar-refractivity contribution < 1.29 is 14.7 Å². The predicted octanol–water partition coefficient (Wildman–Crippen LogP) is -0.255. The van der Waals surface area contributed by atoms with Crippen molar-refractivity contribution in [2.45, 2.75) is 38.6 Å². The van der Waals surface area contributed by atoms with Crippen LogP contribution in [0.15, 0.2) is 41.3 Å². The maximum absolute atomic E-state index is 12.7. The van der Waals surface area contributed by atoms with Crippen LogP contribution >= 0.6 is 0 Å². The first kappa shape index (κ1) is 26.7. The molecule has 12 nitrogen and oxygen atoms in total. The topological polar surface area (TPSA) is 163 Å². The zero-order valence-corrected chi connectivity index (χ0v) is 21.3. The fraction of sp³-hybridized carbons (Fsp3) is 0.520. The average molecular weight is 513 g/mol. The van der Waals surface area contributed by atoms with Gasteiger partial charge in [-0.15, -0.1) is 0 Å². The van der Waals surface area contributed by atoms with Crippen LogP contribution in [0.5, 0.6) is 0 Å². The molecule has 0 aliphatic carbocycles. The quantitative estimate of drug-likeness (QED) is 0.398. The number of urea groups is 1. The summed E-state index contributed by atoms with van der Waals surface area (Å²) >= 11 is 0. The van der Waals surface area contributed by atoms with Gasteiger partial charge in [0.1, 0.15) is 5.82 Å². The lowest BCUT2D eigenvalue weighted by atomic mass is 9.94. The number of aromatic nitrogens is 2. The highest BCUT2D eigenvalue weighted by atomic mass is 16.3. The molecule has 3 atom stereocenters. The Balaban J connectivity index is 1.32. The Morgan fingerprint density at radius 2 is 1.76 bits per heavy atom. The summed E-state index contributed by atoms with van der Waals surface area (Å²) in [6.45, 7) is 7.22. The van der Waals surface area contributed by atoms with Crippen molar-refractivity contribution in [2.24, 2.45) is 17.4 Å². The van der Waals surface area contributed by atoms with Crippen molar-refractivity contribution in [1.82, 2.24) is 24.3 Å². The number of rotatable bonds is 5. The summed E-state index contributed by atoms with van der Waals surface area (Å²) in [5.41, 5.74) is 11.0. The van der Waals surface area contributed by atoms with Crippen molar-refractivity contribution >= 4 is 17.8 Å². The van der Waals surface area contributed by atoms with Gasteiger partial charge in [-0.1, -0.05) is 19.1 Å². The molecular formula is C25H36N8O4. The van der Waals surface area contributed by atoms with Gasteiger partial charge in [-0.2, -0.15) is 4.98 Å². The normalized spacial score (nSPS) is 22.4. The molecule has 0 radical (unpaired) electrons. The molecule has 1 aromatic carbocycles. The maximum Gasteiger partial charge on any atom is 0.354 e. The molecule has 2 unspecified atom stereocenters. The van der Waals surface area contributed by atoms with Crippen LogP contribution in [0.4, 0.5) is 10.6 Å². The fourth-order valence-electron chi connectivity index (χ4n) is 4.70. The average Bonchev–Trinajstić information content (AvgIpc) is 2.86. The molecule has 12 heteroatoms. The zero-order valence-electron chi connectivity index (χ0n) is 21.3. The van der Waals surface area contributed by atoms with Crippen LogP contribution in [0.1, 0.15) is 25.8 Å². The number of aliphatic hydroxyl groups is 1. The molecule has 0 saturated carbocycles. The van der Waals surface area contributed by atoms with Crippen LogP contribution < -0.4 is 22.5 Å². The molecule has 0 bridgehead atoms. The minimum atomic E-state index is -1.95. The lowest BCUT2D eigenvalue weighted by Crippen LogP contribution is -2.59. The van der Waals surface area contributed by atoms with Gasteiger partial charge in [-0.25, -0.2) is 9.59 Å². The summed E-state index contributed by atoms with van der Waals surface area (Å²) in [5.74, 6) is 0.0275. The number of piperazine rings is 1. The van der Waals surface area contributed by atoms with Crippen LogP contribution in [0.3, 0.4) is 0 Å². The lowest BCUT2D eigenvalue weighted by molar-refractivity contribution is -0.150. The largest absolute Gasteiger partial charge is 0.368 e. The first-order valence-corrected chi connectivity index (χ1v) is 12.5. The molecular weight excluding hydrogens is 476 g/mol. The van der Waals surface area contributed by atoms with E-state index in [1.165, 1.54) is 21.3 Å². The van der Waals surface area contributed by atoms with Gasteiger partial charge in [0, 0.05) is 51.5 Å². The third-order valence-corrected chi connectivity index (χ3v) is 7.00. The van der Waals surface area contributed by atoms with Crippen LogP contribution in [0, 0.1) is 5.92 Å². The Hall–Kier alpha value is -3.32. The first-order valence-electron chi connectivity index (χ1n) is 12.5. The number of anilines is 1. The highest BCUT2D eigenvalue weighted by Crippen LogP contribution is 2.18. The molecule has 37 heavy (non-hydrogen) atoms. The number of nitrogens with zero attached hydrogens (tertiary/aromatic N) is 5. The van der Waals surface area contributed by atoms with Gasteiger partial charge in [0.25, 0.3) is 5.91 Å². The Morgan fingerprint density at radius 1 is 1.11 bits per heavy atom. The number of nitrogens with two attached hydrogens (primary N) is 2. The molecule has 3 heterocycles. The summed E-state index contributed by atoms with van der Waals surface area (Å²) in [6, 6.07) is 9.19. The van der Waals surface area contributed by atoms with Gasteiger partial charge in [0.15, 0.2) is 5.72 Å². The van der Waals surface area contributed by atoms with E-state index in [1.54, 1.807) is 12.3 Å². The van der Waals surface area contributed by atoms with E-state index in [1.807, 2.05) is 24.3 Å². The second kappa shape index (κ2) is 11.0. The SMILES string of the molecule is CC1CN(Cc2ccc(-n3ccc(NC(=O)N4CCN(C(=O)C(C)(N)O)CC4)nc3=O)cc2)CC[C@@H]1N. The third-order valence-electron chi connectivity index (χ3n) is 7.00. The van der Waals surface area contributed by atoms with Crippen molar-refractivity contribution in [3.8, 4) is 5.69 Å². The summed E-state index contributed by atoms with van der Waals surface area (Å²) in [4.78, 5) is 46.7. The van der Waals surface area contributed by atoms with E-state index < -0.39 is 23.4 Å². The minimum Gasteiger partial charge on any atom is -0.368 e. The van der Waals surface area contributed by atoms with Gasteiger partial charge < -0.3 is 20.6 Å². The molecule has 200 valence electrons. The first-order chi connectivity index (χ1) is 17.5. The standard InChI is InChI=1S/C25H36N8O4/c1-17-15-30(9-7-20(17)26)16-18-3-5-19(6-4-18)33-10-8-21(29-24(33)36)28-23(35)32-13-11-31(12-14-32)22(34)25(2,27)37/h3-6,8,10,17,20,37H,7,9,11-16,26-27H2,1-2H3,(H,28,29,35,36)/t17?,20-,25?/m0/s1. The number of amides is 3. The predicted molar refractivity (Wildman–Crippen MR) is 139 cm³/mol. The highest BCUT2D eigenvalue weighted by molar-refractivity contribution is 5.89. The summed E-state index contributed by atoms with van der Waals surface area (Å²) in [6.07, 6.45) is 2.57. The Labute approximate surface area is 215 Å². The maximum atomic E-state index is 12.7. The highest BCUT2D eigenvalue weighted by Gasteiger charge is 2.33. The molecule has 0 spiro atoms. The summed E-state index contributed by atoms with van der Waals surface area (Å²) < 4.78 is 1.42. The number of piperidine rings is 1.